The molecule has 0 amide bonds. The topological polar surface area (TPSA) is 41.6 Å². The van der Waals surface area contributed by atoms with Gasteiger partial charge in [0.25, 0.3) is 0 Å². The van der Waals surface area contributed by atoms with E-state index in [1.165, 1.54) is 0 Å². The normalized spacial score (nSPS) is 20.7. The molecule has 0 aliphatic heterocycles. The molecule has 1 N–H and O–H groups in total. The molecule has 14 heavy (non-hydrogen) atoms. The van der Waals surface area contributed by atoms with Crippen LogP contribution < -0.4 is 0 Å². The zero-order chi connectivity index (χ0) is 9.38. The van der Waals surface area contributed by atoms with Gasteiger partial charge in [0.2, 0.25) is 0 Å². The second-order valence-corrected chi connectivity index (χ2v) is 3.62. The van der Waals surface area contributed by atoms with Gasteiger partial charge in [-0.3, -0.25) is 0 Å². The first-order valence-electron chi connectivity index (χ1n) is 4.90. The Hall–Kier alpha value is -1.64. The van der Waals surface area contributed by atoms with E-state index in [2.05, 4.69) is 27.1 Å². The van der Waals surface area contributed by atoms with Gasteiger partial charge < -0.3 is 4.98 Å². The molecule has 0 fully saturated rings. The lowest BCUT2D eigenvalue weighted by molar-refractivity contribution is 0.744. The van der Waals surface area contributed by atoms with Crippen LogP contribution in [-0.2, 0) is 0 Å². The number of aromatic amines is 1. The lowest BCUT2D eigenvalue weighted by Gasteiger charge is -2.04. The summed E-state index contributed by atoms with van der Waals surface area (Å²) in [6.07, 6.45) is 10.5. The number of nitrogens with one attached hydrogen (secondary N) is 1. The van der Waals surface area contributed by atoms with Crippen LogP contribution in [0.5, 0.6) is 0 Å². The van der Waals surface area contributed by atoms with E-state index >= 15 is 0 Å². The molecular formula is C11H11N3. The summed E-state index contributed by atoms with van der Waals surface area (Å²) in [5.41, 5.74) is 0.940. The number of fused-ring (bicyclic) bond motifs is 1. The van der Waals surface area contributed by atoms with Crippen molar-refractivity contribution in [3.8, 4) is 0 Å². The van der Waals surface area contributed by atoms with Crippen molar-refractivity contribution < 1.29 is 0 Å². The molecule has 1 atom stereocenters. The fourth-order valence-corrected chi connectivity index (χ4v) is 1.88. The van der Waals surface area contributed by atoms with Gasteiger partial charge in [-0.05, 0) is 18.9 Å². The third-order valence-corrected chi connectivity index (χ3v) is 2.66. The number of hydrogen-bond donors (Lipinski definition) is 1. The second kappa shape index (κ2) is 2.94. The van der Waals surface area contributed by atoms with Crippen LogP contribution in [-0.4, -0.2) is 15.0 Å². The van der Waals surface area contributed by atoms with Crippen molar-refractivity contribution >= 4 is 11.0 Å². The van der Waals surface area contributed by atoms with Gasteiger partial charge in [-0.15, -0.1) is 0 Å². The van der Waals surface area contributed by atoms with E-state index in [4.69, 9.17) is 0 Å². The summed E-state index contributed by atoms with van der Waals surface area (Å²) in [5.74, 6) is 1.36. The molecule has 0 radical (unpaired) electrons. The SMILES string of the molecule is C1=CC(c2ncc3cc[nH]c3n2)CC1. The largest absolute Gasteiger partial charge is 0.346 e. The Morgan fingerprint density at radius 2 is 2.43 bits per heavy atom. The molecule has 3 heteroatoms. The Morgan fingerprint density at radius 1 is 1.43 bits per heavy atom. The first-order chi connectivity index (χ1) is 6.93. The molecule has 0 saturated heterocycles. The number of nitrogens with zero attached hydrogens (tertiary/aromatic N) is 2. The van der Waals surface area contributed by atoms with Crippen molar-refractivity contribution in [3.05, 3.63) is 36.4 Å². The Morgan fingerprint density at radius 3 is 3.29 bits per heavy atom. The van der Waals surface area contributed by atoms with Crippen molar-refractivity contribution in [1.82, 2.24) is 15.0 Å². The van der Waals surface area contributed by atoms with Gasteiger partial charge in [0.1, 0.15) is 11.5 Å². The standard InChI is InChI=1S/C11H11N3/c1-2-4-8(3-1)10-13-7-9-5-6-12-11(9)14-10/h1,3,5-8H,2,4H2,(H,12,13,14). The van der Waals surface area contributed by atoms with Gasteiger partial charge in [-0.2, -0.15) is 0 Å². The first kappa shape index (κ1) is 7.74. The molecular weight excluding hydrogens is 174 g/mol. The lowest BCUT2D eigenvalue weighted by Crippen LogP contribution is -1.98. The van der Waals surface area contributed by atoms with E-state index in [0.717, 1.165) is 29.7 Å². The minimum atomic E-state index is 0.419. The minimum absolute atomic E-state index is 0.419. The van der Waals surface area contributed by atoms with Crippen molar-refractivity contribution in [3.63, 3.8) is 0 Å². The Labute approximate surface area is 81.9 Å². The summed E-state index contributed by atoms with van der Waals surface area (Å²) in [5, 5.41) is 1.08. The molecule has 0 saturated carbocycles. The van der Waals surface area contributed by atoms with Crippen LogP contribution in [0.25, 0.3) is 11.0 Å². The summed E-state index contributed by atoms with van der Waals surface area (Å²) in [6.45, 7) is 0. The molecule has 2 heterocycles. The van der Waals surface area contributed by atoms with Gasteiger partial charge in [0.05, 0.1) is 0 Å². The van der Waals surface area contributed by atoms with E-state index in [9.17, 15) is 0 Å². The van der Waals surface area contributed by atoms with E-state index in [1.54, 1.807) is 0 Å². The Kier molecular flexibility index (Phi) is 1.63. The molecule has 0 spiro atoms. The lowest BCUT2D eigenvalue weighted by atomic mass is 10.1. The van der Waals surface area contributed by atoms with Gasteiger partial charge in [0, 0.05) is 23.7 Å². The summed E-state index contributed by atoms with van der Waals surface area (Å²) in [4.78, 5) is 12.0. The highest BCUT2D eigenvalue weighted by molar-refractivity contribution is 5.73. The van der Waals surface area contributed by atoms with E-state index in [1.807, 2.05) is 18.5 Å². The molecule has 0 aromatic carbocycles. The molecule has 3 rings (SSSR count). The number of rotatable bonds is 1. The van der Waals surface area contributed by atoms with Gasteiger partial charge in [-0.25, -0.2) is 9.97 Å². The highest BCUT2D eigenvalue weighted by atomic mass is 14.9. The van der Waals surface area contributed by atoms with Crippen molar-refractivity contribution in [2.45, 2.75) is 18.8 Å². The molecule has 0 bridgehead atoms. The zero-order valence-electron chi connectivity index (χ0n) is 7.77. The summed E-state index contributed by atoms with van der Waals surface area (Å²) < 4.78 is 0. The fourth-order valence-electron chi connectivity index (χ4n) is 1.88. The van der Waals surface area contributed by atoms with E-state index in [-0.39, 0.29) is 0 Å². The van der Waals surface area contributed by atoms with Gasteiger partial charge in [0.15, 0.2) is 0 Å². The summed E-state index contributed by atoms with van der Waals surface area (Å²) in [7, 11) is 0. The van der Waals surface area contributed by atoms with Crippen molar-refractivity contribution in [1.29, 1.82) is 0 Å². The first-order valence-corrected chi connectivity index (χ1v) is 4.90. The number of H-pyrrole nitrogens is 1. The zero-order valence-corrected chi connectivity index (χ0v) is 7.77. The van der Waals surface area contributed by atoms with Crippen LogP contribution in [0.2, 0.25) is 0 Å². The average Bonchev–Trinajstić information content (AvgIpc) is 2.88. The van der Waals surface area contributed by atoms with Gasteiger partial charge in [-0.1, -0.05) is 12.2 Å². The van der Waals surface area contributed by atoms with Crippen LogP contribution in [0, 0.1) is 0 Å². The van der Waals surface area contributed by atoms with Crippen LogP contribution in [0.3, 0.4) is 0 Å². The van der Waals surface area contributed by atoms with Crippen LogP contribution in [0.1, 0.15) is 24.6 Å². The fraction of sp³-hybridized carbons (Fsp3) is 0.273. The Bertz CT molecular complexity index is 484. The van der Waals surface area contributed by atoms with Crippen LogP contribution >= 0.6 is 0 Å². The quantitative estimate of drug-likeness (QED) is 0.693. The third-order valence-electron chi connectivity index (χ3n) is 2.66. The molecule has 1 aliphatic carbocycles. The average molecular weight is 185 g/mol. The second-order valence-electron chi connectivity index (χ2n) is 3.62. The van der Waals surface area contributed by atoms with E-state index < -0.39 is 0 Å². The predicted octanol–water partition coefficient (Wildman–Crippen LogP) is 2.39. The number of allylic oxidation sites excluding steroid dienone is 2. The molecule has 1 unspecified atom stereocenters. The molecule has 2 aromatic heterocycles. The van der Waals surface area contributed by atoms with Crippen LogP contribution in [0.15, 0.2) is 30.6 Å². The maximum Gasteiger partial charge on any atom is 0.141 e. The van der Waals surface area contributed by atoms with Crippen molar-refractivity contribution in [2.75, 3.05) is 0 Å². The molecule has 1 aliphatic rings. The smallest absolute Gasteiger partial charge is 0.141 e. The molecule has 2 aromatic rings. The molecule has 70 valence electrons. The highest BCUT2D eigenvalue weighted by Gasteiger charge is 2.14. The third kappa shape index (κ3) is 1.13. The summed E-state index contributed by atoms with van der Waals surface area (Å²) in [6, 6.07) is 1.99. The number of hydrogen-bond acceptors (Lipinski definition) is 2. The predicted molar refractivity (Wildman–Crippen MR) is 55.0 cm³/mol. The van der Waals surface area contributed by atoms with Crippen LogP contribution in [0.4, 0.5) is 0 Å². The number of aromatic nitrogens is 3. The maximum atomic E-state index is 4.50. The molecule has 3 nitrogen and oxygen atoms in total. The van der Waals surface area contributed by atoms with Crippen molar-refractivity contribution in [2.24, 2.45) is 0 Å². The van der Waals surface area contributed by atoms with E-state index in [0.29, 0.717) is 5.92 Å². The summed E-state index contributed by atoms with van der Waals surface area (Å²) >= 11 is 0. The monoisotopic (exact) mass is 185 g/mol. The highest BCUT2D eigenvalue weighted by Crippen LogP contribution is 2.26. The maximum absolute atomic E-state index is 4.50. The minimum Gasteiger partial charge on any atom is -0.346 e. The van der Waals surface area contributed by atoms with Gasteiger partial charge >= 0.3 is 0 Å². The Balaban J connectivity index is 2.08.